The maximum absolute atomic E-state index is 12.9. The first-order chi connectivity index (χ1) is 14.6. The number of hydrogen-bond donors (Lipinski definition) is 3. The highest BCUT2D eigenvalue weighted by molar-refractivity contribution is 5.82. The molecule has 1 fully saturated rings. The lowest BCUT2D eigenvalue weighted by molar-refractivity contribution is -0.125. The summed E-state index contributed by atoms with van der Waals surface area (Å²) < 4.78 is 0. The maximum Gasteiger partial charge on any atom is 0.237 e. The van der Waals surface area contributed by atoms with E-state index in [0.29, 0.717) is 32.0 Å². The minimum atomic E-state index is -0.488. The van der Waals surface area contributed by atoms with Gasteiger partial charge in [0.1, 0.15) is 0 Å². The molecule has 2 aromatic carbocycles. The lowest BCUT2D eigenvalue weighted by Gasteiger charge is -2.23. The van der Waals surface area contributed by atoms with Crippen LogP contribution in [0.4, 0.5) is 11.6 Å². The number of aliphatic hydroxyl groups is 1. The van der Waals surface area contributed by atoms with Crippen LogP contribution in [0.3, 0.4) is 0 Å². The molecule has 3 aliphatic rings. The topological polar surface area (TPSA) is 90.4 Å². The molecule has 6 bridgehead atoms. The third-order valence-corrected chi connectivity index (χ3v) is 5.62. The van der Waals surface area contributed by atoms with Crippen molar-refractivity contribution in [1.82, 2.24) is 20.2 Å². The molecule has 3 aromatic rings. The normalized spacial score (nSPS) is 21.4. The fourth-order valence-electron chi connectivity index (χ4n) is 4.11. The molecule has 2 atom stereocenters. The van der Waals surface area contributed by atoms with Crippen molar-refractivity contribution >= 4 is 17.5 Å². The van der Waals surface area contributed by atoms with Gasteiger partial charge in [0.05, 0.1) is 17.8 Å². The van der Waals surface area contributed by atoms with Crippen molar-refractivity contribution in [2.45, 2.75) is 31.7 Å². The second-order valence-corrected chi connectivity index (χ2v) is 7.84. The Bertz CT molecular complexity index is 1070. The van der Waals surface area contributed by atoms with E-state index in [2.05, 4.69) is 20.6 Å². The summed E-state index contributed by atoms with van der Waals surface area (Å²) in [5.74, 6) is 0.481. The van der Waals surface area contributed by atoms with Gasteiger partial charge < -0.3 is 15.7 Å². The van der Waals surface area contributed by atoms with E-state index in [1.54, 1.807) is 6.20 Å². The smallest absolute Gasteiger partial charge is 0.237 e. The van der Waals surface area contributed by atoms with Crippen molar-refractivity contribution < 1.29 is 9.90 Å². The largest absolute Gasteiger partial charge is 0.392 e. The lowest BCUT2D eigenvalue weighted by Crippen LogP contribution is -2.42. The predicted molar refractivity (Wildman–Crippen MR) is 114 cm³/mol. The number of nitrogens with one attached hydrogen (secondary N) is 2. The summed E-state index contributed by atoms with van der Waals surface area (Å²) in [5, 5.41) is 16.5. The average Bonchev–Trinajstić information content (AvgIpc) is 3.13. The van der Waals surface area contributed by atoms with E-state index in [0.717, 1.165) is 28.1 Å². The molecular formula is C23H23N5O2. The molecule has 6 rings (SSSR count). The van der Waals surface area contributed by atoms with Gasteiger partial charge in [-0.1, -0.05) is 30.3 Å². The molecule has 1 aromatic heterocycles. The monoisotopic (exact) mass is 401 g/mol. The number of nitrogens with zero attached hydrogens (tertiary/aromatic N) is 3. The van der Waals surface area contributed by atoms with Crippen molar-refractivity contribution in [3.05, 3.63) is 71.9 Å². The van der Waals surface area contributed by atoms with E-state index in [4.69, 9.17) is 0 Å². The van der Waals surface area contributed by atoms with Crippen molar-refractivity contribution in [3.63, 3.8) is 0 Å². The minimum Gasteiger partial charge on any atom is -0.392 e. The van der Waals surface area contributed by atoms with Crippen molar-refractivity contribution in [3.8, 4) is 11.3 Å². The Morgan fingerprint density at radius 3 is 2.80 bits per heavy atom. The molecule has 3 N–H and O–H groups in total. The molecule has 0 radical (unpaired) electrons. The van der Waals surface area contributed by atoms with Crippen LogP contribution in [0.1, 0.15) is 17.5 Å². The van der Waals surface area contributed by atoms with Crippen molar-refractivity contribution in [1.29, 1.82) is 0 Å². The summed E-state index contributed by atoms with van der Waals surface area (Å²) >= 11 is 0. The molecular weight excluding hydrogens is 378 g/mol. The molecule has 152 valence electrons. The van der Waals surface area contributed by atoms with Gasteiger partial charge in [-0.05, 0) is 41.8 Å². The Hall–Kier alpha value is -3.29. The molecule has 3 aliphatic heterocycles. The van der Waals surface area contributed by atoms with Crippen LogP contribution in [0, 0.1) is 0 Å². The van der Waals surface area contributed by atoms with E-state index in [1.165, 1.54) is 0 Å². The molecule has 7 nitrogen and oxygen atoms in total. The lowest BCUT2D eigenvalue weighted by atomic mass is 10.1. The van der Waals surface area contributed by atoms with E-state index in [1.807, 2.05) is 59.5 Å². The van der Waals surface area contributed by atoms with Crippen LogP contribution < -0.4 is 10.6 Å². The Morgan fingerprint density at radius 1 is 1.07 bits per heavy atom. The van der Waals surface area contributed by atoms with Crippen LogP contribution in [0.15, 0.2) is 60.8 Å². The van der Waals surface area contributed by atoms with Gasteiger partial charge >= 0.3 is 0 Å². The first-order valence-electron chi connectivity index (χ1n) is 10.1. The Balaban J connectivity index is 1.53. The summed E-state index contributed by atoms with van der Waals surface area (Å²) in [5.41, 5.74) is 4.75. The van der Waals surface area contributed by atoms with Crippen LogP contribution in [0.2, 0.25) is 0 Å². The van der Waals surface area contributed by atoms with Crippen LogP contribution >= 0.6 is 0 Å². The van der Waals surface area contributed by atoms with Crippen molar-refractivity contribution in [2.24, 2.45) is 0 Å². The summed E-state index contributed by atoms with van der Waals surface area (Å²) in [7, 11) is 0. The average molecular weight is 401 g/mol. The molecule has 4 heterocycles. The number of amides is 1. The fourth-order valence-corrected chi connectivity index (χ4v) is 4.11. The summed E-state index contributed by atoms with van der Waals surface area (Å²) in [6.45, 7) is 1.53. The summed E-state index contributed by atoms with van der Waals surface area (Å²) in [6, 6.07) is 17.5. The van der Waals surface area contributed by atoms with Crippen molar-refractivity contribution in [2.75, 3.05) is 11.9 Å². The summed E-state index contributed by atoms with van der Waals surface area (Å²) in [6.07, 6.45) is 1.70. The Labute approximate surface area is 174 Å². The van der Waals surface area contributed by atoms with Gasteiger partial charge in [0.25, 0.3) is 0 Å². The molecule has 1 saturated heterocycles. The zero-order valence-corrected chi connectivity index (χ0v) is 16.5. The number of rotatable bonds is 0. The number of aliphatic hydroxyl groups excluding tert-OH is 1. The predicted octanol–water partition coefficient (Wildman–Crippen LogP) is 2.45. The summed E-state index contributed by atoms with van der Waals surface area (Å²) in [4.78, 5) is 23.9. The van der Waals surface area contributed by atoms with Crippen LogP contribution in [-0.4, -0.2) is 44.6 Å². The molecule has 0 unspecified atom stereocenters. The van der Waals surface area contributed by atoms with Gasteiger partial charge in [0.15, 0.2) is 0 Å². The highest BCUT2D eigenvalue weighted by Gasteiger charge is 2.35. The van der Waals surface area contributed by atoms with Gasteiger partial charge in [-0.15, -0.1) is 0 Å². The maximum atomic E-state index is 12.9. The second-order valence-electron chi connectivity index (χ2n) is 7.84. The molecule has 7 heteroatoms. The number of anilines is 2. The first-order valence-corrected chi connectivity index (χ1v) is 10.1. The number of fused-ring (bicyclic) bond motifs is 4. The van der Waals surface area contributed by atoms with Gasteiger partial charge in [0, 0.05) is 37.1 Å². The SMILES string of the molecule is O=C1NCc2cccc(c2)-c2ccnc(n2)Nc2ccc(cc2)CN2C[C@H](O)C[C@@H]12. The zero-order valence-electron chi connectivity index (χ0n) is 16.5. The van der Waals surface area contributed by atoms with E-state index in [9.17, 15) is 9.90 Å². The number of carbonyl (C=O) groups excluding carboxylic acids is 1. The van der Waals surface area contributed by atoms with Gasteiger partial charge in [-0.25, -0.2) is 9.97 Å². The molecule has 30 heavy (non-hydrogen) atoms. The number of aromatic nitrogens is 2. The van der Waals surface area contributed by atoms with Crippen LogP contribution in [0.25, 0.3) is 11.3 Å². The van der Waals surface area contributed by atoms with Gasteiger partial charge in [0.2, 0.25) is 11.9 Å². The third-order valence-electron chi connectivity index (χ3n) is 5.62. The minimum absolute atomic E-state index is 0.0520. The quantitative estimate of drug-likeness (QED) is 0.536. The highest BCUT2D eigenvalue weighted by Crippen LogP contribution is 2.24. The van der Waals surface area contributed by atoms with E-state index in [-0.39, 0.29) is 11.9 Å². The highest BCUT2D eigenvalue weighted by atomic mass is 16.3. The van der Waals surface area contributed by atoms with E-state index >= 15 is 0 Å². The van der Waals surface area contributed by atoms with Crippen LogP contribution in [-0.2, 0) is 17.9 Å². The third kappa shape index (κ3) is 3.90. The van der Waals surface area contributed by atoms with Gasteiger partial charge in [-0.3, -0.25) is 9.69 Å². The van der Waals surface area contributed by atoms with E-state index < -0.39 is 6.10 Å². The van der Waals surface area contributed by atoms with Gasteiger partial charge in [-0.2, -0.15) is 0 Å². The Morgan fingerprint density at radius 2 is 1.93 bits per heavy atom. The zero-order chi connectivity index (χ0) is 20.5. The standard InChI is InChI=1S/C23H23N5O2/c29-19-11-21-22(30)25-12-16-2-1-3-17(10-16)20-8-9-24-23(27-20)26-18-6-4-15(5-7-18)13-28(21)14-19/h1-10,19,21,29H,11-14H2,(H,25,30)(H,24,26,27)/t19-,21+/m1/s1. The Kier molecular flexibility index (Phi) is 4.90. The molecule has 1 amide bonds. The second kappa shape index (κ2) is 7.85. The molecule has 0 saturated carbocycles. The fraction of sp³-hybridized carbons (Fsp3) is 0.261. The number of carbonyl (C=O) groups is 1. The molecule has 0 spiro atoms. The number of benzene rings is 2. The van der Waals surface area contributed by atoms with Crippen LogP contribution in [0.5, 0.6) is 0 Å². The first kappa shape index (κ1) is 18.7. The number of hydrogen-bond acceptors (Lipinski definition) is 6. The molecule has 0 aliphatic carbocycles.